The van der Waals surface area contributed by atoms with Crippen LogP contribution >= 0.6 is 11.6 Å². The number of benzene rings is 3. The van der Waals surface area contributed by atoms with Crippen molar-refractivity contribution < 1.29 is 23.9 Å². The lowest BCUT2D eigenvalue weighted by atomic mass is 10.1. The maximum atomic E-state index is 13.1. The lowest BCUT2D eigenvalue weighted by Crippen LogP contribution is -2.33. The highest BCUT2D eigenvalue weighted by atomic mass is 35.5. The van der Waals surface area contributed by atoms with Crippen molar-refractivity contribution in [3.8, 4) is 11.3 Å². The second kappa shape index (κ2) is 12.6. The van der Waals surface area contributed by atoms with Crippen LogP contribution in [0.15, 0.2) is 100 Å². The number of amides is 2. The van der Waals surface area contributed by atoms with Crippen molar-refractivity contribution in [3.63, 3.8) is 0 Å². The van der Waals surface area contributed by atoms with Crippen molar-refractivity contribution in [2.75, 3.05) is 19.0 Å². The number of carboxylic acids is 1. The summed E-state index contributed by atoms with van der Waals surface area (Å²) >= 11 is 6.16. The van der Waals surface area contributed by atoms with Crippen molar-refractivity contribution in [2.24, 2.45) is 5.10 Å². The topological polar surface area (TPSA) is 127 Å². The van der Waals surface area contributed by atoms with Gasteiger partial charge in [0.15, 0.2) is 0 Å². The lowest BCUT2D eigenvalue weighted by Gasteiger charge is -2.13. The van der Waals surface area contributed by atoms with Gasteiger partial charge < -0.3 is 24.5 Å². The summed E-state index contributed by atoms with van der Waals surface area (Å²) in [7, 11) is 3.83. The van der Waals surface area contributed by atoms with E-state index in [-0.39, 0.29) is 21.8 Å². The monoisotopic (exact) mass is 555 g/mol. The molecule has 0 unspecified atom stereocenters. The average molecular weight is 556 g/mol. The fraction of sp³-hybridized carbons (Fsp3) is 0.0667. The van der Waals surface area contributed by atoms with E-state index in [9.17, 15) is 19.5 Å². The van der Waals surface area contributed by atoms with Gasteiger partial charge in [-0.05, 0) is 59.7 Å². The predicted octanol–water partition coefficient (Wildman–Crippen LogP) is 3.95. The molecule has 0 bridgehead atoms. The third-order valence-corrected chi connectivity index (χ3v) is 6.03. The fourth-order valence-corrected chi connectivity index (χ4v) is 3.84. The van der Waals surface area contributed by atoms with Gasteiger partial charge in [0.05, 0.1) is 22.8 Å². The highest BCUT2D eigenvalue weighted by Crippen LogP contribution is 2.22. The molecule has 2 N–H and O–H groups in total. The molecule has 202 valence electrons. The molecule has 0 saturated heterocycles. The predicted molar refractivity (Wildman–Crippen MR) is 152 cm³/mol. The van der Waals surface area contributed by atoms with E-state index >= 15 is 0 Å². The van der Waals surface area contributed by atoms with E-state index in [1.54, 1.807) is 48.5 Å². The highest BCUT2D eigenvalue weighted by Gasteiger charge is 2.16. The third kappa shape index (κ3) is 7.03. The number of hydrogen-bond acceptors (Lipinski definition) is 7. The zero-order valence-electron chi connectivity index (χ0n) is 21.6. The third-order valence-electron chi connectivity index (χ3n) is 5.70. The fourth-order valence-electron chi connectivity index (χ4n) is 3.62. The van der Waals surface area contributed by atoms with Crippen LogP contribution in [-0.2, 0) is 4.79 Å². The maximum absolute atomic E-state index is 13.1. The molecule has 4 aromatic rings. The van der Waals surface area contributed by atoms with Gasteiger partial charge in [-0.1, -0.05) is 54.1 Å². The Morgan fingerprint density at radius 2 is 1.70 bits per heavy atom. The number of carbonyl (C=O) groups is 3. The first-order valence-corrected chi connectivity index (χ1v) is 12.4. The largest absolute Gasteiger partial charge is 0.545 e. The zero-order valence-corrected chi connectivity index (χ0v) is 22.3. The number of carboxylic acid groups (broad SMARTS) is 1. The van der Waals surface area contributed by atoms with E-state index in [0.29, 0.717) is 22.6 Å². The van der Waals surface area contributed by atoms with Gasteiger partial charge in [0.1, 0.15) is 17.2 Å². The molecule has 1 heterocycles. The number of halogens is 1. The van der Waals surface area contributed by atoms with Crippen LogP contribution in [0.4, 0.5) is 5.69 Å². The molecule has 4 rings (SSSR count). The molecule has 0 spiro atoms. The molecule has 1 aromatic heterocycles. The van der Waals surface area contributed by atoms with Gasteiger partial charge in [0.2, 0.25) is 0 Å². The van der Waals surface area contributed by atoms with Gasteiger partial charge in [-0.15, -0.1) is 0 Å². The van der Waals surface area contributed by atoms with Gasteiger partial charge >= 0.3 is 0 Å². The summed E-state index contributed by atoms with van der Waals surface area (Å²) in [5, 5.41) is 17.9. The minimum absolute atomic E-state index is 0.0193. The van der Waals surface area contributed by atoms with E-state index in [1.807, 2.05) is 43.3 Å². The molecule has 10 heteroatoms. The molecule has 40 heavy (non-hydrogen) atoms. The summed E-state index contributed by atoms with van der Waals surface area (Å²) in [5.41, 5.74) is 4.74. The summed E-state index contributed by atoms with van der Waals surface area (Å²) in [6.07, 6.45) is 2.80. The van der Waals surface area contributed by atoms with Crippen LogP contribution in [0, 0.1) is 0 Å². The van der Waals surface area contributed by atoms with Crippen LogP contribution < -0.4 is 20.7 Å². The van der Waals surface area contributed by atoms with Gasteiger partial charge in [-0.3, -0.25) is 9.59 Å². The van der Waals surface area contributed by atoms with Gasteiger partial charge in [-0.2, -0.15) is 5.10 Å². The summed E-state index contributed by atoms with van der Waals surface area (Å²) in [6.45, 7) is 0. The Bertz CT molecular complexity index is 1610. The highest BCUT2D eigenvalue weighted by molar-refractivity contribution is 6.34. The number of carbonyl (C=O) groups excluding carboxylic acids is 3. The second-order valence-corrected chi connectivity index (χ2v) is 9.15. The van der Waals surface area contributed by atoms with E-state index in [1.165, 1.54) is 24.4 Å². The molecule has 3 aromatic carbocycles. The van der Waals surface area contributed by atoms with Crippen LogP contribution in [0.2, 0.25) is 5.02 Å². The summed E-state index contributed by atoms with van der Waals surface area (Å²) in [5.74, 6) is -1.82. The van der Waals surface area contributed by atoms with Crippen molar-refractivity contribution in [3.05, 3.63) is 118 Å². The summed E-state index contributed by atoms with van der Waals surface area (Å²) < 4.78 is 5.69. The standard InChI is InChI=1S/C30H25ClN4O5/c1-35(2)22-12-10-19(11-13-22)16-26(33-28(36)24-8-3-4-9-25(24)31)29(37)34-32-18-23-14-15-27(40-23)20-6-5-7-21(17-20)30(38)39/h3-18H,1-2H3,(H,33,36)(H,34,37)(H,38,39)/p-1. The van der Waals surface area contributed by atoms with Gasteiger partial charge in [0, 0.05) is 25.3 Å². The molecular formula is C30H24ClN4O5-. The van der Waals surface area contributed by atoms with Crippen molar-refractivity contribution in [1.29, 1.82) is 0 Å². The average Bonchev–Trinajstić information content (AvgIpc) is 3.42. The molecule has 0 fully saturated rings. The summed E-state index contributed by atoms with van der Waals surface area (Å²) in [4.78, 5) is 39.0. The molecule has 0 aliphatic heterocycles. The Labute approximate surface area is 235 Å². The van der Waals surface area contributed by atoms with Crippen LogP contribution in [0.5, 0.6) is 0 Å². The number of rotatable bonds is 9. The number of furan rings is 1. The zero-order chi connectivity index (χ0) is 28.6. The van der Waals surface area contributed by atoms with Crippen LogP contribution in [0.3, 0.4) is 0 Å². The molecule has 9 nitrogen and oxygen atoms in total. The van der Waals surface area contributed by atoms with Crippen molar-refractivity contribution in [1.82, 2.24) is 10.7 Å². The number of anilines is 1. The minimum Gasteiger partial charge on any atom is -0.545 e. The van der Waals surface area contributed by atoms with E-state index in [2.05, 4.69) is 15.8 Å². The first kappa shape index (κ1) is 27.9. The Kier molecular flexibility index (Phi) is 8.78. The van der Waals surface area contributed by atoms with E-state index in [0.717, 1.165) is 5.69 Å². The van der Waals surface area contributed by atoms with Crippen LogP contribution in [0.25, 0.3) is 17.4 Å². The van der Waals surface area contributed by atoms with Gasteiger partial charge in [-0.25, -0.2) is 5.43 Å². The van der Waals surface area contributed by atoms with E-state index < -0.39 is 17.8 Å². The minimum atomic E-state index is -1.29. The Hall–Kier alpha value is -5.15. The second-order valence-electron chi connectivity index (χ2n) is 8.75. The number of nitrogens with zero attached hydrogens (tertiary/aromatic N) is 2. The number of aromatic carboxylic acids is 1. The van der Waals surface area contributed by atoms with E-state index in [4.69, 9.17) is 16.0 Å². The smallest absolute Gasteiger partial charge is 0.287 e. The van der Waals surface area contributed by atoms with Crippen LogP contribution in [-0.4, -0.2) is 38.1 Å². The normalized spacial score (nSPS) is 11.3. The number of hydrazone groups is 1. The van der Waals surface area contributed by atoms with Crippen molar-refractivity contribution >= 4 is 47.4 Å². The molecule has 0 saturated carbocycles. The number of nitrogens with one attached hydrogen (secondary N) is 2. The Morgan fingerprint density at radius 3 is 2.40 bits per heavy atom. The maximum Gasteiger partial charge on any atom is 0.287 e. The molecule has 0 radical (unpaired) electrons. The molecule has 0 aliphatic rings. The Balaban J connectivity index is 1.52. The molecule has 0 atom stereocenters. The molecule has 0 aliphatic carbocycles. The quantitative estimate of drug-likeness (QED) is 0.183. The first-order chi connectivity index (χ1) is 19.2. The lowest BCUT2D eigenvalue weighted by molar-refractivity contribution is -0.255. The van der Waals surface area contributed by atoms with Crippen molar-refractivity contribution in [2.45, 2.75) is 0 Å². The van der Waals surface area contributed by atoms with Crippen LogP contribution in [0.1, 0.15) is 32.0 Å². The first-order valence-electron chi connectivity index (χ1n) is 12.0. The molecule has 2 amide bonds. The number of hydrogen-bond donors (Lipinski definition) is 2. The Morgan fingerprint density at radius 1 is 0.950 bits per heavy atom. The SMILES string of the molecule is CN(C)c1ccc(C=C(NC(=O)c2ccccc2Cl)C(=O)NN=Cc2ccc(-c3cccc(C(=O)[O-])c3)o2)cc1. The summed E-state index contributed by atoms with van der Waals surface area (Å²) in [6, 6.07) is 23.3. The molecular weight excluding hydrogens is 532 g/mol. The van der Waals surface area contributed by atoms with Gasteiger partial charge in [0.25, 0.3) is 11.8 Å².